The van der Waals surface area contributed by atoms with Crippen molar-refractivity contribution in [2.75, 3.05) is 13.7 Å². The minimum Gasteiger partial charge on any atom is -0.381 e. The number of rotatable bonds is 4. The van der Waals surface area contributed by atoms with Crippen molar-refractivity contribution in [3.8, 4) is 0 Å². The molecular weight excluding hydrogens is 166 g/mol. The van der Waals surface area contributed by atoms with Crippen LogP contribution in [-0.4, -0.2) is 31.1 Å². The third-order valence-electron chi connectivity index (χ3n) is 2.67. The molecule has 78 valence electrons. The number of nitrogens with one attached hydrogen (secondary N) is 1. The Balaban J connectivity index is 2.37. The molecule has 3 unspecified atom stereocenters. The van der Waals surface area contributed by atoms with Crippen LogP contribution in [0.3, 0.4) is 0 Å². The van der Waals surface area contributed by atoms with Gasteiger partial charge in [0.25, 0.3) is 0 Å². The number of hydrogen-bond donors (Lipinski definition) is 2. The van der Waals surface area contributed by atoms with Gasteiger partial charge in [-0.15, -0.1) is 0 Å². The molecule has 13 heavy (non-hydrogen) atoms. The van der Waals surface area contributed by atoms with Gasteiger partial charge < -0.3 is 9.84 Å². The van der Waals surface area contributed by atoms with Crippen LogP contribution in [0.5, 0.6) is 0 Å². The van der Waals surface area contributed by atoms with E-state index < -0.39 is 0 Å². The Morgan fingerprint density at radius 3 is 2.62 bits per heavy atom. The van der Waals surface area contributed by atoms with E-state index >= 15 is 0 Å². The van der Waals surface area contributed by atoms with Crippen molar-refractivity contribution in [1.82, 2.24) is 5.32 Å². The quantitative estimate of drug-likeness (QED) is 0.689. The molecule has 1 saturated heterocycles. The lowest BCUT2D eigenvalue weighted by Gasteiger charge is -2.22. The fourth-order valence-electron chi connectivity index (χ4n) is 1.97. The summed E-state index contributed by atoms with van der Waals surface area (Å²) in [6.45, 7) is 5.28. The first-order valence-corrected chi connectivity index (χ1v) is 5.07. The van der Waals surface area contributed by atoms with E-state index in [9.17, 15) is 5.11 Å². The van der Waals surface area contributed by atoms with Crippen LogP contribution in [0.25, 0.3) is 0 Å². The molecule has 0 bridgehead atoms. The molecular formula is C10H21NO2. The standard InChI is InChI=1S/C10H21NO2/c1-7(2)4-9(13-3)8-5-10(12)11-6-8/h7-12H,4-6H2,1-3H3. The smallest absolute Gasteiger partial charge is 0.105 e. The molecule has 1 aliphatic rings. The van der Waals surface area contributed by atoms with Crippen molar-refractivity contribution in [2.45, 2.75) is 39.0 Å². The highest BCUT2D eigenvalue weighted by Gasteiger charge is 2.29. The Bertz CT molecular complexity index is 150. The van der Waals surface area contributed by atoms with Crippen molar-refractivity contribution < 1.29 is 9.84 Å². The average Bonchev–Trinajstić information content (AvgIpc) is 2.47. The second-order valence-electron chi connectivity index (χ2n) is 4.32. The van der Waals surface area contributed by atoms with Crippen LogP contribution < -0.4 is 5.32 Å². The van der Waals surface area contributed by atoms with Crippen LogP contribution in [0.1, 0.15) is 26.7 Å². The van der Waals surface area contributed by atoms with E-state index in [-0.39, 0.29) is 6.23 Å². The van der Waals surface area contributed by atoms with E-state index in [2.05, 4.69) is 19.2 Å². The summed E-state index contributed by atoms with van der Waals surface area (Å²) in [5.74, 6) is 1.13. The highest BCUT2D eigenvalue weighted by atomic mass is 16.5. The SMILES string of the molecule is COC(CC(C)C)C1CNC(O)C1. The zero-order valence-electron chi connectivity index (χ0n) is 8.79. The zero-order valence-corrected chi connectivity index (χ0v) is 8.79. The predicted octanol–water partition coefficient (Wildman–Crippen LogP) is 0.975. The lowest BCUT2D eigenvalue weighted by Crippen LogP contribution is -2.26. The van der Waals surface area contributed by atoms with E-state index in [0.717, 1.165) is 19.4 Å². The normalized spacial score (nSPS) is 31.2. The number of ether oxygens (including phenoxy) is 1. The van der Waals surface area contributed by atoms with Crippen molar-refractivity contribution in [2.24, 2.45) is 11.8 Å². The van der Waals surface area contributed by atoms with Gasteiger partial charge in [0.2, 0.25) is 0 Å². The number of aliphatic hydroxyl groups excluding tert-OH is 1. The molecule has 3 heteroatoms. The summed E-state index contributed by atoms with van der Waals surface area (Å²) in [4.78, 5) is 0. The number of methoxy groups -OCH3 is 1. The first-order chi connectivity index (χ1) is 6.13. The van der Waals surface area contributed by atoms with Gasteiger partial charge in [-0.25, -0.2) is 0 Å². The van der Waals surface area contributed by atoms with Crippen LogP contribution >= 0.6 is 0 Å². The molecule has 0 amide bonds. The summed E-state index contributed by atoms with van der Waals surface area (Å²) < 4.78 is 5.44. The summed E-state index contributed by atoms with van der Waals surface area (Å²) in [6.07, 6.45) is 1.88. The summed E-state index contributed by atoms with van der Waals surface area (Å²) in [6, 6.07) is 0. The molecule has 0 radical (unpaired) electrons. The van der Waals surface area contributed by atoms with Crippen LogP contribution in [0.2, 0.25) is 0 Å². The molecule has 1 aliphatic heterocycles. The molecule has 0 aliphatic carbocycles. The Kier molecular flexibility index (Phi) is 4.16. The van der Waals surface area contributed by atoms with Crippen LogP contribution in [-0.2, 0) is 4.74 Å². The second-order valence-corrected chi connectivity index (χ2v) is 4.32. The van der Waals surface area contributed by atoms with E-state index in [1.807, 2.05) is 0 Å². The topological polar surface area (TPSA) is 41.5 Å². The molecule has 3 nitrogen and oxygen atoms in total. The van der Waals surface area contributed by atoms with Crippen molar-refractivity contribution in [3.63, 3.8) is 0 Å². The van der Waals surface area contributed by atoms with Crippen molar-refractivity contribution >= 4 is 0 Å². The number of hydrogen-bond acceptors (Lipinski definition) is 3. The lowest BCUT2D eigenvalue weighted by molar-refractivity contribution is 0.0364. The molecule has 1 heterocycles. The van der Waals surface area contributed by atoms with Gasteiger partial charge in [-0.1, -0.05) is 13.8 Å². The fraction of sp³-hybridized carbons (Fsp3) is 1.00. The summed E-state index contributed by atoms with van der Waals surface area (Å²) in [5, 5.41) is 12.3. The largest absolute Gasteiger partial charge is 0.381 e. The maximum absolute atomic E-state index is 9.31. The first-order valence-electron chi connectivity index (χ1n) is 5.07. The molecule has 1 fully saturated rings. The van der Waals surface area contributed by atoms with Gasteiger partial charge in [-0.3, -0.25) is 5.32 Å². The molecule has 3 atom stereocenters. The molecule has 2 N–H and O–H groups in total. The fourth-order valence-corrected chi connectivity index (χ4v) is 1.97. The van der Waals surface area contributed by atoms with E-state index in [1.54, 1.807) is 7.11 Å². The molecule has 0 saturated carbocycles. The first kappa shape index (κ1) is 11.0. The van der Waals surface area contributed by atoms with Gasteiger partial charge in [-0.05, 0) is 18.8 Å². The molecule has 0 aromatic heterocycles. The van der Waals surface area contributed by atoms with Gasteiger partial charge in [0.1, 0.15) is 6.23 Å². The highest BCUT2D eigenvalue weighted by Crippen LogP contribution is 2.23. The third kappa shape index (κ3) is 3.25. The minimum atomic E-state index is -0.324. The van der Waals surface area contributed by atoms with Crippen LogP contribution in [0.15, 0.2) is 0 Å². The van der Waals surface area contributed by atoms with E-state index in [1.165, 1.54) is 0 Å². The van der Waals surface area contributed by atoms with E-state index in [4.69, 9.17) is 4.74 Å². The molecule has 0 aromatic rings. The maximum atomic E-state index is 9.31. The minimum absolute atomic E-state index is 0.296. The zero-order chi connectivity index (χ0) is 9.84. The molecule has 0 spiro atoms. The van der Waals surface area contributed by atoms with Gasteiger partial charge in [-0.2, -0.15) is 0 Å². The van der Waals surface area contributed by atoms with Crippen molar-refractivity contribution in [1.29, 1.82) is 0 Å². The van der Waals surface area contributed by atoms with Gasteiger partial charge >= 0.3 is 0 Å². The van der Waals surface area contributed by atoms with Crippen LogP contribution in [0.4, 0.5) is 0 Å². The Morgan fingerprint density at radius 1 is 1.54 bits per heavy atom. The Hall–Kier alpha value is -0.120. The molecule has 1 rings (SSSR count). The summed E-state index contributed by atoms with van der Waals surface area (Å²) in [7, 11) is 1.76. The highest BCUT2D eigenvalue weighted by molar-refractivity contribution is 4.81. The van der Waals surface area contributed by atoms with E-state index in [0.29, 0.717) is 17.9 Å². The van der Waals surface area contributed by atoms with Crippen molar-refractivity contribution in [3.05, 3.63) is 0 Å². The maximum Gasteiger partial charge on any atom is 0.105 e. The van der Waals surface area contributed by atoms with Gasteiger partial charge in [0, 0.05) is 19.6 Å². The summed E-state index contributed by atoms with van der Waals surface area (Å²) in [5.41, 5.74) is 0. The monoisotopic (exact) mass is 187 g/mol. The van der Waals surface area contributed by atoms with Gasteiger partial charge in [0.05, 0.1) is 6.10 Å². The third-order valence-corrected chi connectivity index (χ3v) is 2.67. The lowest BCUT2D eigenvalue weighted by atomic mass is 9.93. The molecule has 0 aromatic carbocycles. The Morgan fingerprint density at radius 2 is 2.23 bits per heavy atom. The van der Waals surface area contributed by atoms with Gasteiger partial charge in [0.15, 0.2) is 0 Å². The summed E-state index contributed by atoms with van der Waals surface area (Å²) >= 11 is 0. The second kappa shape index (κ2) is 4.94. The number of aliphatic hydroxyl groups is 1. The Labute approximate surface area is 80.5 Å². The predicted molar refractivity (Wildman–Crippen MR) is 52.4 cm³/mol. The average molecular weight is 187 g/mol. The van der Waals surface area contributed by atoms with Crippen LogP contribution in [0, 0.1) is 11.8 Å².